The minimum Gasteiger partial charge on any atom is -0.382 e. The van der Waals surface area contributed by atoms with Gasteiger partial charge in [-0.15, -0.1) is 0 Å². The van der Waals surface area contributed by atoms with Gasteiger partial charge in [-0.3, -0.25) is 4.68 Å². The summed E-state index contributed by atoms with van der Waals surface area (Å²) < 4.78 is 12.3. The molecule has 0 saturated heterocycles. The van der Waals surface area contributed by atoms with Crippen molar-refractivity contribution in [3.63, 3.8) is 0 Å². The first-order valence-electron chi connectivity index (χ1n) is 5.58. The fourth-order valence-electron chi connectivity index (χ4n) is 1.42. The number of methoxy groups -OCH3 is 1. The van der Waals surface area contributed by atoms with Gasteiger partial charge in [-0.1, -0.05) is 0 Å². The molecule has 16 heavy (non-hydrogen) atoms. The molecule has 0 spiro atoms. The van der Waals surface area contributed by atoms with Crippen molar-refractivity contribution >= 4 is 0 Å². The fraction of sp³-hybridized carbons (Fsp3) is 0.727. The summed E-state index contributed by atoms with van der Waals surface area (Å²) in [4.78, 5) is 0. The number of nitrogens with zero attached hydrogens (tertiary/aromatic N) is 2. The van der Waals surface area contributed by atoms with Crippen LogP contribution in [0.2, 0.25) is 0 Å². The Kier molecular flexibility index (Phi) is 6.07. The predicted octanol–water partition coefficient (Wildman–Crippen LogP) is 0.826. The van der Waals surface area contributed by atoms with Crippen molar-refractivity contribution in [2.45, 2.75) is 19.5 Å². The molecule has 1 rings (SSSR count). The number of nitrogens with one attached hydrogen (secondary N) is 1. The lowest BCUT2D eigenvalue weighted by Crippen LogP contribution is -2.22. The molecule has 0 aliphatic rings. The van der Waals surface area contributed by atoms with Crippen LogP contribution in [-0.4, -0.2) is 43.8 Å². The third kappa shape index (κ3) is 3.92. The molecule has 0 aliphatic carbocycles. The van der Waals surface area contributed by atoms with E-state index < -0.39 is 0 Å². The molecule has 1 atom stereocenters. The highest BCUT2D eigenvalue weighted by Gasteiger charge is 2.11. The molecule has 0 aliphatic heterocycles. The predicted molar refractivity (Wildman–Crippen MR) is 62.4 cm³/mol. The van der Waals surface area contributed by atoms with Gasteiger partial charge in [0, 0.05) is 25.4 Å². The average molecular weight is 227 g/mol. The number of likely N-dealkylation sites (N-methyl/N-ethyl adjacent to an activating group) is 1. The maximum atomic E-state index is 5.50. The van der Waals surface area contributed by atoms with E-state index >= 15 is 0 Å². The molecule has 0 amide bonds. The lowest BCUT2D eigenvalue weighted by atomic mass is 10.2. The summed E-state index contributed by atoms with van der Waals surface area (Å²) in [6.07, 6.45) is 3.92. The van der Waals surface area contributed by atoms with Gasteiger partial charge in [0.15, 0.2) is 0 Å². The third-order valence-electron chi connectivity index (χ3n) is 2.44. The van der Waals surface area contributed by atoms with Crippen molar-refractivity contribution in [1.82, 2.24) is 15.1 Å². The second-order valence-corrected chi connectivity index (χ2v) is 3.54. The molecule has 0 radical (unpaired) electrons. The molecule has 0 fully saturated rings. The Labute approximate surface area is 96.7 Å². The standard InChI is InChI=1S/C11H21N3O2/c1-4-14-8-10(7-13-14)11(12-2)9-16-6-5-15-3/h7-8,11-12H,4-6,9H2,1-3H3. The molecule has 92 valence electrons. The van der Waals surface area contributed by atoms with Gasteiger partial charge in [-0.2, -0.15) is 5.10 Å². The first kappa shape index (κ1) is 13.2. The Hall–Kier alpha value is -0.910. The van der Waals surface area contributed by atoms with E-state index in [1.807, 2.05) is 24.1 Å². The second kappa shape index (κ2) is 7.38. The van der Waals surface area contributed by atoms with Crippen molar-refractivity contribution in [3.8, 4) is 0 Å². The van der Waals surface area contributed by atoms with Gasteiger partial charge in [0.2, 0.25) is 0 Å². The van der Waals surface area contributed by atoms with Gasteiger partial charge in [0.25, 0.3) is 0 Å². The van der Waals surface area contributed by atoms with Crippen LogP contribution in [0.3, 0.4) is 0 Å². The van der Waals surface area contributed by atoms with Crippen LogP contribution >= 0.6 is 0 Å². The number of aromatic nitrogens is 2. The van der Waals surface area contributed by atoms with Crippen LogP contribution in [0.5, 0.6) is 0 Å². The molecule has 1 N–H and O–H groups in total. The number of aryl methyl sites for hydroxylation is 1. The van der Waals surface area contributed by atoms with Crippen LogP contribution in [0.1, 0.15) is 18.5 Å². The van der Waals surface area contributed by atoms with Crippen LogP contribution in [0.4, 0.5) is 0 Å². The zero-order valence-electron chi connectivity index (χ0n) is 10.3. The van der Waals surface area contributed by atoms with E-state index in [0.717, 1.165) is 12.1 Å². The lowest BCUT2D eigenvalue weighted by molar-refractivity contribution is 0.0596. The van der Waals surface area contributed by atoms with E-state index in [-0.39, 0.29) is 6.04 Å². The molecular formula is C11H21N3O2. The quantitative estimate of drug-likeness (QED) is 0.668. The molecule has 0 saturated carbocycles. The van der Waals surface area contributed by atoms with Gasteiger partial charge in [0.05, 0.1) is 32.1 Å². The minimum atomic E-state index is 0.192. The monoisotopic (exact) mass is 227 g/mol. The molecule has 1 aromatic heterocycles. The van der Waals surface area contributed by atoms with Crippen molar-refractivity contribution in [1.29, 1.82) is 0 Å². The second-order valence-electron chi connectivity index (χ2n) is 3.54. The molecular weight excluding hydrogens is 206 g/mol. The van der Waals surface area contributed by atoms with E-state index in [0.29, 0.717) is 19.8 Å². The maximum Gasteiger partial charge on any atom is 0.0701 e. The number of hydrogen-bond acceptors (Lipinski definition) is 4. The van der Waals surface area contributed by atoms with Gasteiger partial charge < -0.3 is 14.8 Å². The van der Waals surface area contributed by atoms with Crippen molar-refractivity contribution in [3.05, 3.63) is 18.0 Å². The summed E-state index contributed by atoms with van der Waals surface area (Å²) in [6.45, 7) is 4.84. The van der Waals surface area contributed by atoms with E-state index in [9.17, 15) is 0 Å². The highest BCUT2D eigenvalue weighted by Crippen LogP contribution is 2.11. The Bertz CT molecular complexity index is 289. The third-order valence-corrected chi connectivity index (χ3v) is 2.44. The van der Waals surface area contributed by atoms with Crippen molar-refractivity contribution in [2.75, 3.05) is 34.0 Å². The van der Waals surface area contributed by atoms with Gasteiger partial charge in [-0.05, 0) is 14.0 Å². The Morgan fingerprint density at radius 3 is 2.88 bits per heavy atom. The van der Waals surface area contributed by atoms with E-state index in [2.05, 4.69) is 17.3 Å². The number of hydrogen-bond donors (Lipinski definition) is 1. The first-order chi connectivity index (χ1) is 7.81. The summed E-state index contributed by atoms with van der Waals surface area (Å²) in [6, 6.07) is 0.192. The zero-order chi connectivity index (χ0) is 11.8. The summed E-state index contributed by atoms with van der Waals surface area (Å²) in [5.41, 5.74) is 1.15. The van der Waals surface area contributed by atoms with Gasteiger partial charge >= 0.3 is 0 Å². The molecule has 5 nitrogen and oxygen atoms in total. The van der Waals surface area contributed by atoms with E-state index in [4.69, 9.17) is 9.47 Å². The summed E-state index contributed by atoms with van der Waals surface area (Å²) in [7, 11) is 3.60. The maximum absolute atomic E-state index is 5.50. The van der Waals surface area contributed by atoms with Crippen LogP contribution in [0.15, 0.2) is 12.4 Å². The first-order valence-corrected chi connectivity index (χ1v) is 5.58. The van der Waals surface area contributed by atoms with Crippen LogP contribution in [-0.2, 0) is 16.0 Å². The lowest BCUT2D eigenvalue weighted by Gasteiger charge is -2.14. The topological polar surface area (TPSA) is 48.3 Å². The number of rotatable bonds is 8. The molecule has 1 unspecified atom stereocenters. The summed E-state index contributed by atoms with van der Waals surface area (Å²) in [5.74, 6) is 0. The molecule has 0 bridgehead atoms. The number of ether oxygens (including phenoxy) is 2. The largest absolute Gasteiger partial charge is 0.382 e. The summed E-state index contributed by atoms with van der Waals surface area (Å²) in [5, 5.41) is 7.46. The van der Waals surface area contributed by atoms with Crippen LogP contribution < -0.4 is 5.32 Å². The normalized spacial score (nSPS) is 12.9. The van der Waals surface area contributed by atoms with Gasteiger partial charge in [-0.25, -0.2) is 0 Å². The SMILES string of the molecule is CCn1cc(C(COCCOC)NC)cn1. The van der Waals surface area contributed by atoms with E-state index in [1.54, 1.807) is 7.11 Å². The molecule has 5 heteroatoms. The molecule has 1 aromatic rings. The van der Waals surface area contributed by atoms with Gasteiger partial charge in [0.1, 0.15) is 0 Å². The van der Waals surface area contributed by atoms with Crippen LogP contribution in [0, 0.1) is 0 Å². The Balaban J connectivity index is 2.40. The van der Waals surface area contributed by atoms with Crippen molar-refractivity contribution < 1.29 is 9.47 Å². The van der Waals surface area contributed by atoms with E-state index in [1.165, 1.54) is 0 Å². The highest BCUT2D eigenvalue weighted by atomic mass is 16.5. The Morgan fingerprint density at radius 2 is 2.31 bits per heavy atom. The fourth-order valence-corrected chi connectivity index (χ4v) is 1.42. The highest BCUT2D eigenvalue weighted by molar-refractivity contribution is 5.10. The van der Waals surface area contributed by atoms with Crippen LogP contribution in [0.25, 0.3) is 0 Å². The zero-order valence-corrected chi connectivity index (χ0v) is 10.3. The molecule has 1 heterocycles. The molecule has 0 aromatic carbocycles. The smallest absolute Gasteiger partial charge is 0.0701 e. The minimum absolute atomic E-state index is 0.192. The Morgan fingerprint density at radius 1 is 1.50 bits per heavy atom. The average Bonchev–Trinajstić information content (AvgIpc) is 2.78. The summed E-state index contributed by atoms with van der Waals surface area (Å²) >= 11 is 0. The van der Waals surface area contributed by atoms with Crippen molar-refractivity contribution in [2.24, 2.45) is 0 Å².